The van der Waals surface area contributed by atoms with Gasteiger partial charge < -0.3 is 15.2 Å². The lowest BCUT2D eigenvalue weighted by molar-refractivity contribution is -0.140. The van der Waals surface area contributed by atoms with Crippen LogP contribution in [0.4, 0.5) is 19.1 Å². The van der Waals surface area contributed by atoms with Crippen molar-refractivity contribution in [1.29, 1.82) is 0 Å². The molecule has 0 fully saturated rings. The fraction of sp³-hybridized carbons (Fsp3) is 0.250. The number of halogens is 3. The van der Waals surface area contributed by atoms with Gasteiger partial charge in [0.05, 0.1) is 12.3 Å². The molecule has 9 heteroatoms. The first kappa shape index (κ1) is 20.5. The van der Waals surface area contributed by atoms with Crippen LogP contribution in [0.5, 0.6) is 5.88 Å². The average Bonchev–Trinajstić information content (AvgIpc) is 2.72. The SMILES string of the molecule is C[C@H](CO)Oc1nc(NCc2ccc(-c3ccccn3)cc2)ncc1C(F)(F)F. The molecule has 0 amide bonds. The Morgan fingerprint density at radius 2 is 1.86 bits per heavy atom. The van der Waals surface area contributed by atoms with Crippen LogP contribution in [0.15, 0.2) is 54.9 Å². The predicted octanol–water partition coefficient (Wildman–Crippen LogP) is 3.93. The lowest BCUT2D eigenvalue weighted by atomic mass is 10.1. The molecule has 0 radical (unpaired) electrons. The van der Waals surface area contributed by atoms with Crippen LogP contribution in [0.3, 0.4) is 0 Å². The Balaban J connectivity index is 1.72. The van der Waals surface area contributed by atoms with Gasteiger partial charge in [-0.1, -0.05) is 30.3 Å². The van der Waals surface area contributed by atoms with Crippen molar-refractivity contribution in [2.45, 2.75) is 25.7 Å². The van der Waals surface area contributed by atoms with Gasteiger partial charge in [-0.3, -0.25) is 4.98 Å². The van der Waals surface area contributed by atoms with E-state index in [9.17, 15) is 13.2 Å². The molecule has 0 aliphatic rings. The number of pyridine rings is 1. The highest BCUT2D eigenvalue weighted by Gasteiger charge is 2.36. The lowest BCUT2D eigenvalue weighted by Crippen LogP contribution is -2.21. The molecule has 0 unspecified atom stereocenters. The number of aliphatic hydroxyl groups is 1. The van der Waals surface area contributed by atoms with Gasteiger partial charge in [0.25, 0.3) is 0 Å². The fourth-order valence-electron chi connectivity index (χ4n) is 2.47. The van der Waals surface area contributed by atoms with E-state index in [2.05, 4.69) is 20.3 Å². The molecule has 0 spiro atoms. The molecule has 29 heavy (non-hydrogen) atoms. The highest BCUT2D eigenvalue weighted by atomic mass is 19.4. The van der Waals surface area contributed by atoms with Crippen LogP contribution < -0.4 is 10.1 Å². The number of ether oxygens (including phenoxy) is 1. The molecule has 152 valence electrons. The number of hydrogen-bond acceptors (Lipinski definition) is 6. The van der Waals surface area contributed by atoms with Crippen LogP contribution in [0.25, 0.3) is 11.3 Å². The summed E-state index contributed by atoms with van der Waals surface area (Å²) in [5, 5.41) is 11.9. The first-order chi connectivity index (χ1) is 13.9. The van der Waals surface area contributed by atoms with Gasteiger partial charge in [0, 0.05) is 24.5 Å². The van der Waals surface area contributed by atoms with Crippen molar-refractivity contribution in [2.75, 3.05) is 11.9 Å². The largest absolute Gasteiger partial charge is 0.472 e. The Morgan fingerprint density at radius 1 is 1.10 bits per heavy atom. The smallest absolute Gasteiger partial charge is 0.423 e. The van der Waals surface area contributed by atoms with Crippen LogP contribution in [0.1, 0.15) is 18.1 Å². The van der Waals surface area contributed by atoms with Gasteiger partial charge in [0.2, 0.25) is 11.8 Å². The van der Waals surface area contributed by atoms with Crippen LogP contribution in [0.2, 0.25) is 0 Å². The van der Waals surface area contributed by atoms with Crippen molar-refractivity contribution in [2.24, 2.45) is 0 Å². The highest BCUT2D eigenvalue weighted by molar-refractivity contribution is 5.59. The molecule has 2 heterocycles. The summed E-state index contributed by atoms with van der Waals surface area (Å²) in [6, 6.07) is 13.2. The quantitative estimate of drug-likeness (QED) is 0.621. The maximum atomic E-state index is 13.1. The summed E-state index contributed by atoms with van der Waals surface area (Å²) in [5.74, 6) is -0.631. The monoisotopic (exact) mass is 404 g/mol. The number of hydrogen-bond donors (Lipinski definition) is 2. The maximum absolute atomic E-state index is 13.1. The maximum Gasteiger partial charge on any atom is 0.423 e. The van der Waals surface area contributed by atoms with Crippen LogP contribution in [-0.2, 0) is 12.7 Å². The predicted molar refractivity (Wildman–Crippen MR) is 101 cm³/mol. The van der Waals surface area contributed by atoms with Crippen LogP contribution in [0, 0.1) is 0 Å². The third-order valence-electron chi connectivity index (χ3n) is 3.99. The molecule has 2 aromatic heterocycles. The number of aliphatic hydroxyl groups excluding tert-OH is 1. The van der Waals surface area contributed by atoms with E-state index in [-0.39, 0.29) is 5.95 Å². The molecule has 1 aromatic carbocycles. The van der Waals surface area contributed by atoms with Crippen molar-refractivity contribution in [3.8, 4) is 17.1 Å². The van der Waals surface area contributed by atoms with Gasteiger partial charge in [0.15, 0.2) is 0 Å². The summed E-state index contributed by atoms with van der Waals surface area (Å²) in [6.07, 6.45) is -3.12. The van der Waals surface area contributed by atoms with E-state index in [1.807, 2.05) is 42.5 Å². The third-order valence-corrected chi connectivity index (χ3v) is 3.99. The highest BCUT2D eigenvalue weighted by Crippen LogP contribution is 2.35. The Hall–Kier alpha value is -3.20. The molecule has 0 saturated carbocycles. The molecule has 0 aliphatic heterocycles. The van der Waals surface area contributed by atoms with Gasteiger partial charge >= 0.3 is 6.18 Å². The minimum absolute atomic E-state index is 0.00746. The van der Waals surface area contributed by atoms with Crippen molar-refractivity contribution in [3.63, 3.8) is 0 Å². The molecule has 3 rings (SSSR count). The second kappa shape index (κ2) is 8.87. The van der Waals surface area contributed by atoms with Crippen molar-refractivity contribution >= 4 is 5.95 Å². The topological polar surface area (TPSA) is 80.2 Å². The molecule has 0 bridgehead atoms. The van der Waals surface area contributed by atoms with Crippen LogP contribution in [-0.4, -0.2) is 32.8 Å². The molecule has 1 atom stereocenters. The second-order valence-electron chi connectivity index (χ2n) is 6.29. The number of nitrogens with one attached hydrogen (secondary N) is 1. The van der Waals surface area contributed by atoms with E-state index in [1.54, 1.807) is 6.20 Å². The third kappa shape index (κ3) is 5.41. The number of rotatable bonds is 7. The van der Waals surface area contributed by atoms with Crippen molar-refractivity contribution in [3.05, 3.63) is 66.0 Å². The molecule has 0 saturated heterocycles. The molecule has 6 nitrogen and oxygen atoms in total. The van der Waals surface area contributed by atoms with E-state index >= 15 is 0 Å². The van der Waals surface area contributed by atoms with E-state index < -0.39 is 30.3 Å². The number of aromatic nitrogens is 3. The number of benzene rings is 1. The van der Waals surface area contributed by atoms with Gasteiger partial charge in [-0.15, -0.1) is 0 Å². The lowest BCUT2D eigenvalue weighted by Gasteiger charge is -2.17. The number of alkyl halides is 3. The zero-order valence-corrected chi connectivity index (χ0v) is 15.5. The summed E-state index contributed by atoms with van der Waals surface area (Å²) in [5.41, 5.74) is 1.59. The second-order valence-corrected chi connectivity index (χ2v) is 6.29. The van der Waals surface area contributed by atoms with Crippen molar-refractivity contribution in [1.82, 2.24) is 15.0 Å². The Morgan fingerprint density at radius 3 is 2.48 bits per heavy atom. The van der Waals surface area contributed by atoms with Gasteiger partial charge in [-0.2, -0.15) is 18.2 Å². The normalized spacial score (nSPS) is 12.4. The average molecular weight is 404 g/mol. The molecule has 2 N–H and O–H groups in total. The minimum Gasteiger partial charge on any atom is -0.472 e. The Kier molecular flexibility index (Phi) is 6.28. The summed E-state index contributed by atoms with van der Waals surface area (Å²) in [7, 11) is 0. The van der Waals surface area contributed by atoms with E-state index in [1.165, 1.54) is 6.92 Å². The Bertz CT molecular complexity index is 935. The standard InChI is InChI=1S/C20H19F3N4O2/c1-13(12-28)29-18-16(20(21,22)23)11-26-19(27-18)25-10-14-5-7-15(8-6-14)17-4-2-3-9-24-17/h2-9,11,13,28H,10,12H2,1H3,(H,25,26,27)/t13-/m1/s1. The number of nitrogens with zero attached hydrogens (tertiary/aromatic N) is 3. The van der Waals surface area contributed by atoms with E-state index in [4.69, 9.17) is 9.84 Å². The first-order valence-electron chi connectivity index (χ1n) is 8.83. The zero-order valence-electron chi connectivity index (χ0n) is 15.5. The van der Waals surface area contributed by atoms with Gasteiger partial charge in [-0.05, 0) is 24.6 Å². The molecular weight excluding hydrogens is 385 g/mol. The summed E-state index contributed by atoms with van der Waals surface area (Å²) >= 11 is 0. The molecular formula is C20H19F3N4O2. The van der Waals surface area contributed by atoms with E-state index in [0.29, 0.717) is 12.7 Å². The molecule has 3 aromatic rings. The minimum atomic E-state index is -4.66. The van der Waals surface area contributed by atoms with Crippen LogP contribution >= 0.6 is 0 Å². The van der Waals surface area contributed by atoms with Gasteiger partial charge in [0.1, 0.15) is 11.7 Å². The number of anilines is 1. The summed E-state index contributed by atoms with van der Waals surface area (Å²) in [4.78, 5) is 11.8. The van der Waals surface area contributed by atoms with Gasteiger partial charge in [-0.25, -0.2) is 4.98 Å². The van der Waals surface area contributed by atoms with Crippen molar-refractivity contribution < 1.29 is 23.0 Å². The molecule has 0 aliphatic carbocycles. The van der Waals surface area contributed by atoms with E-state index in [0.717, 1.165) is 16.8 Å². The Labute approximate surface area is 165 Å². The summed E-state index contributed by atoms with van der Waals surface area (Å²) in [6.45, 7) is 1.31. The zero-order chi connectivity index (χ0) is 20.9. The summed E-state index contributed by atoms with van der Waals surface area (Å²) < 4.78 is 44.5. The fourth-order valence-corrected chi connectivity index (χ4v) is 2.47. The first-order valence-corrected chi connectivity index (χ1v) is 8.83.